The fourth-order valence-electron chi connectivity index (χ4n) is 2.28. The lowest BCUT2D eigenvalue weighted by molar-refractivity contribution is -0.116. The van der Waals surface area contributed by atoms with Gasteiger partial charge in [-0.15, -0.1) is 0 Å². The molecule has 2 aromatic rings. The number of amides is 1. The molecule has 0 atom stereocenters. The highest BCUT2D eigenvalue weighted by molar-refractivity contribution is 14.1. The molecule has 1 N–H and O–H groups in total. The van der Waals surface area contributed by atoms with Crippen LogP contribution >= 0.6 is 22.6 Å². The summed E-state index contributed by atoms with van der Waals surface area (Å²) in [5.74, 6) is -0.351. The zero-order chi connectivity index (χ0) is 17.2. The smallest absolute Gasteiger partial charge is 0.245 e. The van der Waals surface area contributed by atoms with Crippen LogP contribution in [0.15, 0.2) is 53.7 Å². The van der Waals surface area contributed by atoms with Gasteiger partial charge >= 0.3 is 0 Å². The van der Waals surface area contributed by atoms with Crippen molar-refractivity contribution in [1.82, 2.24) is 9.29 Å². The zero-order valence-electron chi connectivity index (χ0n) is 12.7. The van der Waals surface area contributed by atoms with E-state index in [-0.39, 0.29) is 23.4 Å². The van der Waals surface area contributed by atoms with Gasteiger partial charge in [0, 0.05) is 27.7 Å². The molecule has 126 valence electrons. The van der Waals surface area contributed by atoms with Gasteiger partial charge in [0.1, 0.15) is 4.90 Å². The van der Waals surface area contributed by atoms with Crippen LogP contribution in [0, 0.1) is 3.57 Å². The Balaban J connectivity index is 1.75. The first-order chi connectivity index (χ1) is 11.5. The van der Waals surface area contributed by atoms with E-state index in [1.54, 1.807) is 18.2 Å². The second-order valence-electron chi connectivity index (χ2n) is 5.53. The summed E-state index contributed by atoms with van der Waals surface area (Å²) < 4.78 is 27.8. The average Bonchev–Trinajstić information content (AvgIpc) is 3.40. The minimum absolute atomic E-state index is 0.110. The van der Waals surface area contributed by atoms with E-state index in [0.717, 1.165) is 16.4 Å². The summed E-state index contributed by atoms with van der Waals surface area (Å²) >= 11 is 2.18. The van der Waals surface area contributed by atoms with Crippen LogP contribution in [0.5, 0.6) is 0 Å². The number of carbonyl (C=O) groups is 1. The summed E-state index contributed by atoms with van der Waals surface area (Å²) in [4.78, 5) is 16.3. The van der Waals surface area contributed by atoms with Crippen LogP contribution < -0.4 is 5.32 Å². The molecule has 0 bridgehead atoms. The first-order valence-electron chi connectivity index (χ1n) is 7.44. The second kappa shape index (κ2) is 7.16. The summed E-state index contributed by atoms with van der Waals surface area (Å²) in [5.41, 5.74) is 0.648. The SMILES string of the molecule is O=C(CN(C1CC1)S(=O)(=O)c1cccnc1)Nc1ccc(I)cc1. The molecule has 0 aliphatic heterocycles. The van der Waals surface area contributed by atoms with E-state index in [9.17, 15) is 13.2 Å². The van der Waals surface area contributed by atoms with Crippen molar-refractivity contribution in [3.8, 4) is 0 Å². The lowest BCUT2D eigenvalue weighted by atomic mass is 10.3. The van der Waals surface area contributed by atoms with E-state index in [1.165, 1.54) is 22.8 Å². The van der Waals surface area contributed by atoms with Gasteiger partial charge in [-0.05, 0) is 71.8 Å². The van der Waals surface area contributed by atoms with Crippen LogP contribution in [0.2, 0.25) is 0 Å². The van der Waals surface area contributed by atoms with Crippen molar-refractivity contribution in [3.63, 3.8) is 0 Å². The standard InChI is InChI=1S/C16H16IN3O3S/c17-12-3-5-13(6-4-12)19-16(21)11-20(14-7-8-14)24(22,23)15-2-1-9-18-10-15/h1-6,9-10,14H,7-8,11H2,(H,19,21). The molecule has 0 radical (unpaired) electrons. The Morgan fingerprint density at radius 1 is 1.25 bits per heavy atom. The first-order valence-corrected chi connectivity index (χ1v) is 9.96. The van der Waals surface area contributed by atoms with E-state index in [1.807, 2.05) is 12.1 Å². The molecule has 1 aromatic heterocycles. The Hall–Kier alpha value is -1.52. The Labute approximate surface area is 154 Å². The van der Waals surface area contributed by atoms with Gasteiger partial charge in [0.25, 0.3) is 0 Å². The van der Waals surface area contributed by atoms with Crippen LogP contribution in [0.4, 0.5) is 5.69 Å². The lowest BCUT2D eigenvalue weighted by Gasteiger charge is -2.21. The van der Waals surface area contributed by atoms with Gasteiger partial charge in [0.05, 0.1) is 6.54 Å². The molecular weight excluding hydrogens is 441 g/mol. The number of carbonyl (C=O) groups excluding carboxylic acids is 1. The summed E-state index contributed by atoms with van der Waals surface area (Å²) in [7, 11) is -3.72. The van der Waals surface area contributed by atoms with Gasteiger partial charge in [-0.25, -0.2) is 8.42 Å². The van der Waals surface area contributed by atoms with Crippen LogP contribution in [-0.2, 0) is 14.8 Å². The fraction of sp³-hybridized carbons (Fsp3) is 0.250. The van der Waals surface area contributed by atoms with Crippen molar-refractivity contribution in [2.45, 2.75) is 23.8 Å². The van der Waals surface area contributed by atoms with Crippen molar-refractivity contribution in [2.75, 3.05) is 11.9 Å². The maximum absolute atomic E-state index is 12.8. The molecule has 1 amide bonds. The Morgan fingerprint density at radius 3 is 2.54 bits per heavy atom. The number of anilines is 1. The van der Waals surface area contributed by atoms with E-state index >= 15 is 0 Å². The first kappa shape index (κ1) is 17.3. The van der Waals surface area contributed by atoms with Gasteiger partial charge in [0.15, 0.2) is 0 Å². The zero-order valence-corrected chi connectivity index (χ0v) is 15.7. The summed E-state index contributed by atoms with van der Waals surface area (Å²) in [6.45, 7) is -0.201. The number of nitrogens with one attached hydrogen (secondary N) is 1. The lowest BCUT2D eigenvalue weighted by Crippen LogP contribution is -2.39. The van der Waals surface area contributed by atoms with Gasteiger partial charge in [-0.3, -0.25) is 9.78 Å². The average molecular weight is 457 g/mol. The third kappa shape index (κ3) is 4.11. The van der Waals surface area contributed by atoms with E-state index < -0.39 is 10.0 Å². The largest absolute Gasteiger partial charge is 0.325 e. The number of benzene rings is 1. The number of pyridine rings is 1. The Kier molecular flexibility index (Phi) is 5.16. The highest BCUT2D eigenvalue weighted by Crippen LogP contribution is 2.31. The predicted molar refractivity (Wildman–Crippen MR) is 98.9 cm³/mol. The topological polar surface area (TPSA) is 79.4 Å². The monoisotopic (exact) mass is 457 g/mol. The Morgan fingerprint density at radius 2 is 1.96 bits per heavy atom. The molecule has 8 heteroatoms. The van der Waals surface area contributed by atoms with Crippen LogP contribution in [0.3, 0.4) is 0 Å². The minimum atomic E-state index is -3.72. The molecule has 3 rings (SSSR count). The highest BCUT2D eigenvalue weighted by Gasteiger charge is 2.39. The predicted octanol–water partition coefficient (Wildman–Crippen LogP) is 2.48. The summed E-state index contributed by atoms with van der Waals surface area (Å²) in [6.07, 6.45) is 4.37. The maximum Gasteiger partial charge on any atom is 0.245 e. The van der Waals surface area contributed by atoms with Gasteiger partial charge < -0.3 is 5.32 Å². The number of sulfonamides is 1. The van der Waals surface area contributed by atoms with Crippen molar-refractivity contribution in [2.24, 2.45) is 0 Å². The summed E-state index contributed by atoms with van der Waals surface area (Å²) in [5, 5.41) is 2.74. The van der Waals surface area contributed by atoms with Gasteiger partial charge in [-0.1, -0.05) is 0 Å². The molecule has 1 heterocycles. The fourth-order valence-corrected chi connectivity index (χ4v) is 4.25. The van der Waals surface area contributed by atoms with E-state index in [0.29, 0.717) is 5.69 Å². The van der Waals surface area contributed by atoms with Crippen molar-refractivity contribution >= 4 is 44.2 Å². The van der Waals surface area contributed by atoms with Gasteiger partial charge in [0.2, 0.25) is 15.9 Å². The molecule has 0 saturated heterocycles. The van der Waals surface area contributed by atoms with E-state index in [4.69, 9.17) is 0 Å². The molecular formula is C16H16IN3O3S. The van der Waals surface area contributed by atoms with Crippen molar-refractivity contribution in [1.29, 1.82) is 0 Å². The minimum Gasteiger partial charge on any atom is -0.325 e. The molecule has 1 aliphatic rings. The summed E-state index contributed by atoms with van der Waals surface area (Å²) in [6, 6.07) is 10.3. The molecule has 1 aromatic carbocycles. The molecule has 1 fully saturated rings. The number of nitrogens with zero attached hydrogens (tertiary/aromatic N) is 2. The van der Waals surface area contributed by atoms with Crippen LogP contribution in [-0.4, -0.2) is 36.2 Å². The molecule has 24 heavy (non-hydrogen) atoms. The third-order valence-electron chi connectivity index (χ3n) is 3.62. The van der Waals surface area contributed by atoms with Gasteiger partial charge in [-0.2, -0.15) is 4.31 Å². The molecule has 0 unspecified atom stereocenters. The third-order valence-corrected chi connectivity index (χ3v) is 6.22. The maximum atomic E-state index is 12.8. The number of hydrogen-bond acceptors (Lipinski definition) is 4. The molecule has 6 nitrogen and oxygen atoms in total. The number of halogens is 1. The number of aromatic nitrogens is 1. The van der Waals surface area contributed by atoms with Crippen molar-refractivity contribution < 1.29 is 13.2 Å². The number of rotatable bonds is 6. The Bertz CT molecular complexity index is 821. The molecule has 1 saturated carbocycles. The van der Waals surface area contributed by atoms with Crippen LogP contribution in [0.1, 0.15) is 12.8 Å². The highest BCUT2D eigenvalue weighted by atomic mass is 127. The van der Waals surface area contributed by atoms with Crippen LogP contribution in [0.25, 0.3) is 0 Å². The number of hydrogen-bond donors (Lipinski definition) is 1. The van der Waals surface area contributed by atoms with Crippen molar-refractivity contribution in [3.05, 3.63) is 52.4 Å². The second-order valence-corrected chi connectivity index (χ2v) is 8.66. The molecule has 1 aliphatic carbocycles. The normalized spacial score (nSPS) is 14.6. The quantitative estimate of drug-likeness (QED) is 0.677. The molecule has 0 spiro atoms. The van der Waals surface area contributed by atoms with E-state index in [2.05, 4.69) is 32.9 Å².